The minimum Gasteiger partial charge on any atom is -0.281 e. The van der Waals surface area contributed by atoms with E-state index in [0.717, 1.165) is 6.42 Å². The summed E-state index contributed by atoms with van der Waals surface area (Å²) in [6.07, 6.45) is 2.31. The maximum Gasteiger partial charge on any atom is 0.0778 e. The van der Waals surface area contributed by atoms with Crippen molar-refractivity contribution in [3.63, 3.8) is 0 Å². The molecule has 0 aliphatic carbocycles. The van der Waals surface area contributed by atoms with Crippen molar-refractivity contribution in [1.82, 2.24) is 0 Å². The van der Waals surface area contributed by atoms with Gasteiger partial charge in [-0.05, 0) is 29.9 Å². The maximum absolute atomic E-state index is 5.02. The molecule has 19 heavy (non-hydrogen) atoms. The summed E-state index contributed by atoms with van der Waals surface area (Å²) in [5.41, 5.74) is 3.87. The summed E-state index contributed by atoms with van der Waals surface area (Å²) in [5, 5.41) is 0. The first kappa shape index (κ1) is 12.2. The molecule has 2 aromatic rings. The molecule has 1 heterocycles. The van der Waals surface area contributed by atoms with Gasteiger partial charge in [0.25, 0.3) is 0 Å². The lowest BCUT2D eigenvalue weighted by Crippen LogP contribution is -2.18. The van der Waals surface area contributed by atoms with Gasteiger partial charge in [-0.2, -0.15) is 0 Å². The van der Waals surface area contributed by atoms with Gasteiger partial charge < -0.3 is 0 Å². The highest BCUT2D eigenvalue weighted by molar-refractivity contribution is 6.01. The van der Waals surface area contributed by atoms with Crippen LogP contribution in [-0.4, -0.2) is 5.71 Å². The van der Waals surface area contributed by atoms with E-state index in [1.165, 1.54) is 23.3 Å². The van der Waals surface area contributed by atoms with Crippen LogP contribution in [0.3, 0.4) is 0 Å². The number of hydrogen-bond donors (Lipinski definition) is 0. The molecule has 1 aliphatic heterocycles. The monoisotopic (exact) mass is 249 g/mol. The van der Waals surface area contributed by atoms with Crippen molar-refractivity contribution >= 4 is 5.71 Å². The molecule has 1 heteroatoms. The Morgan fingerprint density at radius 2 is 1.53 bits per heavy atom. The van der Waals surface area contributed by atoms with E-state index in [1.807, 2.05) is 0 Å². The summed E-state index contributed by atoms with van der Waals surface area (Å²) in [5.74, 6) is 0.620. The summed E-state index contributed by atoms with van der Waals surface area (Å²) in [6, 6.07) is 21.5. The van der Waals surface area contributed by atoms with Gasteiger partial charge in [0.05, 0.1) is 6.04 Å². The van der Waals surface area contributed by atoms with E-state index in [1.54, 1.807) is 0 Å². The van der Waals surface area contributed by atoms with Crippen molar-refractivity contribution in [3.8, 4) is 0 Å². The number of nitrogens with zero attached hydrogens (tertiary/aromatic N) is 1. The lowest BCUT2D eigenvalue weighted by molar-refractivity contribution is 0.429. The molecule has 0 bridgehead atoms. The lowest BCUT2D eigenvalue weighted by atomic mass is 9.86. The molecule has 0 saturated heterocycles. The Balaban J connectivity index is 1.96. The first-order chi connectivity index (χ1) is 9.34. The molecule has 0 radical (unpaired) electrons. The zero-order valence-electron chi connectivity index (χ0n) is 11.3. The Bertz CT molecular complexity index is 557. The van der Waals surface area contributed by atoms with Gasteiger partial charge in [0.2, 0.25) is 0 Å². The van der Waals surface area contributed by atoms with Gasteiger partial charge in [0.15, 0.2) is 0 Å². The summed E-state index contributed by atoms with van der Waals surface area (Å²) >= 11 is 0. The molecule has 96 valence electrons. The fourth-order valence-corrected chi connectivity index (χ4v) is 2.78. The van der Waals surface area contributed by atoms with Gasteiger partial charge in [0, 0.05) is 5.71 Å². The third kappa shape index (κ3) is 2.60. The SMILES string of the molecule is CC1CCC(c2ccccc2)=NC1c1ccccc1. The smallest absolute Gasteiger partial charge is 0.0778 e. The fourth-order valence-electron chi connectivity index (χ4n) is 2.78. The van der Waals surface area contributed by atoms with E-state index < -0.39 is 0 Å². The normalized spacial score (nSPS) is 22.9. The second-order valence-corrected chi connectivity index (χ2v) is 5.31. The molecule has 0 saturated carbocycles. The molecule has 1 nitrogen and oxygen atoms in total. The van der Waals surface area contributed by atoms with Crippen LogP contribution in [0.4, 0.5) is 0 Å². The van der Waals surface area contributed by atoms with Crippen LogP contribution >= 0.6 is 0 Å². The van der Waals surface area contributed by atoms with Crippen LogP contribution in [0.5, 0.6) is 0 Å². The van der Waals surface area contributed by atoms with Crippen LogP contribution in [0.1, 0.15) is 36.9 Å². The molecule has 0 aromatic heterocycles. The zero-order chi connectivity index (χ0) is 13.1. The van der Waals surface area contributed by atoms with Gasteiger partial charge in [-0.15, -0.1) is 0 Å². The lowest BCUT2D eigenvalue weighted by Gasteiger charge is -2.27. The van der Waals surface area contributed by atoms with Crippen LogP contribution in [0.15, 0.2) is 65.7 Å². The third-order valence-corrected chi connectivity index (χ3v) is 3.92. The predicted molar refractivity (Wildman–Crippen MR) is 80.6 cm³/mol. The molecule has 0 N–H and O–H groups in total. The molecule has 2 aromatic carbocycles. The minimum absolute atomic E-state index is 0.310. The fraction of sp³-hybridized carbons (Fsp3) is 0.278. The molecule has 0 amide bonds. The molecular formula is C18H19N. The number of rotatable bonds is 2. The molecule has 3 rings (SSSR count). The van der Waals surface area contributed by atoms with Crippen LogP contribution in [-0.2, 0) is 0 Å². The van der Waals surface area contributed by atoms with Gasteiger partial charge in [-0.25, -0.2) is 0 Å². The Labute approximate surface area is 115 Å². The second kappa shape index (κ2) is 5.40. The van der Waals surface area contributed by atoms with Crippen molar-refractivity contribution in [1.29, 1.82) is 0 Å². The highest BCUT2D eigenvalue weighted by Gasteiger charge is 2.24. The predicted octanol–water partition coefficient (Wildman–Crippen LogP) is 4.65. The number of hydrogen-bond acceptors (Lipinski definition) is 1. The molecule has 2 atom stereocenters. The number of aliphatic imine (C=N–C) groups is 1. The quantitative estimate of drug-likeness (QED) is 0.734. The highest BCUT2D eigenvalue weighted by Crippen LogP contribution is 2.34. The van der Waals surface area contributed by atoms with Gasteiger partial charge in [0.1, 0.15) is 0 Å². The highest BCUT2D eigenvalue weighted by atomic mass is 14.8. The van der Waals surface area contributed by atoms with Crippen molar-refractivity contribution in [2.75, 3.05) is 0 Å². The standard InChI is InChI=1S/C18H19N/c1-14-12-13-17(15-8-4-2-5-9-15)19-18(14)16-10-6-3-7-11-16/h2-11,14,18H,12-13H2,1H3. The average Bonchev–Trinajstić information content (AvgIpc) is 2.49. The molecule has 0 fully saturated rings. The Morgan fingerprint density at radius 3 is 2.21 bits per heavy atom. The Hall–Kier alpha value is -1.89. The van der Waals surface area contributed by atoms with E-state index in [0.29, 0.717) is 12.0 Å². The molecular weight excluding hydrogens is 230 g/mol. The minimum atomic E-state index is 0.310. The van der Waals surface area contributed by atoms with Crippen molar-refractivity contribution < 1.29 is 0 Å². The van der Waals surface area contributed by atoms with E-state index in [4.69, 9.17) is 4.99 Å². The molecule has 1 aliphatic rings. The first-order valence-corrected chi connectivity index (χ1v) is 7.01. The van der Waals surface area contributed by atoms with E-state index in [-0.39, 0.29) is 0 Å². The molecule has 0 spiro atoms. The van der Waals surface area contributed by atoms with Gasteiger partial charge in [-0.1, -0.05) is 67.6 Å². The van der Waals surface area contributed by atoms with Crippen molar-refractivity contribution in [2.24, 2.45) is 10.9 Å². The maximum atomic E-state index is 5.02. The zero-order valence-corrected chi connectivity index (χ0v) is 11.3. The largest absolute Gasteiger partial charge is 0.281 e. The summed E-state index contributed by atoms with van der Waals surface area (Å²) < 4.78 is 0. The van der Waals surface area contributed by atoms with Crippen molar-refractivity contribution in [2.45, 2.75) is 25.8 Å². The Morgan fingerprint density at radius 1 is 0.895 bits per heavy atom. The first-order valence-electron chi connectivity index (χ1n) is 7.01. The second-order valence-electron chi connectivity index (χ2n) is 5.31. The van der Waals surface area contributed by atoms with Crippen LogP contribution in [0.2, 0.25) is 0 Å². The third-order valence-electron chi connectivity index (χ3n) is 3.92. The summed E-state index contributed by atoms with van der Waals surface area (Å²) in [4.78, 5) is 5.02. The van der Waals surface area contributed by atoms with Crippen LogP contribution in [0.25, 0.3) is 0 Å². The van der Waals surface area contributed by atoms with Crippen molar-refractivity contribution in [3.05, 3.63) is 71.8 Å². The van der Waals surface area contributed by atoms with Crippen LogP contribution in [0, 0.1) is 5.92 Å². The van der Waals surface area contributed by atoms with E-state index in [2.05, 4.69) is 67.6 Å². The average molecular weight is 249 g/mol. The van der Waals surface area contributed by atoms with Gasteiger partial charge >= 0.3 is 0 Å². The summed E-state index contributed by atoms with van der Waals surface area (Å²) in [7, 11) is 0. The van der Waals surface area contributed by atoms with Gasteiger partial charge in [-0.3, -0.25) is 4.99 Å². The molecule has 2 unspecified atom stereocenters. The topological polar surface area (TPSA) is 12.4 Å². The van der Waals surface area contributed by atoms with Crippen LogP contribution < -0.4 is 0 Å². The number of benzene rings is 2. The summed E-state index contributed by atoms with van der Waals surface area (Å²) in [6.45, 7) is 2.31. The van der Waals surface area contributed by atoms with E-state index in [9.17, 15) is 0 Å². The Kier molecular flexibility index (Phi) is 3.45. The van der Waals surface area contributed by atoms with E-state index >= 15 is 0 Å².